The van der Waals surface area contributed by atoms with Gasteiger partial charge < -0.3 is 11.1 Å². The molecule has 0 aliphatic heterocycles. The van der Waals surface area contributed by atoms with Crippen LogP contribution in [0.4, 0.5) is 0 Å². The van der Waals surface area contributed by atoms with Gasteiger partial charge in [0.15, 0.2) is 9.84 Å². The summed E-state index contributed by atoms with van der Waals surface area (Å²) in [6, 6.07) is 1.72. The average molecular weight is 290 g/mol. The Labute approximate surface area is 111 Å². The standard InChI is InChI=1S/C11H18N2O3S2/c1-11(2,18(3,15)16)7-13-5-9-4-8(6-17-9)10(12)14/h4,6,13H,5,7H2,1-3H3,(H2,12,14). The van der Waals surface area contributed by atoms with Gasteiger partial charge in [0.25, 0.3) is 0 Å². The predicted octanol–water partition coefficient (Wildman–Crippen LogP) is 0.760. The molecular weight excluding hydrogens is 272 g/mol. The molecule has 1 aromatic heterocycles. The molecule has 0 aliphatic rings. The fourth-order valence-corrected chi connectivity index (χ4v) is 2.43. The molecule has 0 fully saturated rings. The van der Waals surface area contributed by atoms with Crippen LogP contribution >= 0.6 is 11.3 Å². The molecule has 5 nitrogen and oxygen atoms in total. The molecule has 0 aliphatic carbocycles. The molecule has 7 heteroatoms. The van der Waals surface area contributed by atoms with E-state index < -0.39 is 20.5 Å². The highest BCUT2D eigenvalue weighted by Crippen LogP contribution is 2.16. The number of carbonyl (C=O) groups is 1. The highest BCUT2D eigenvalue weighted by Gasteiger charge is 2.29. The lowest BCUT2D eigenvalue weighted by atomic mass is 10.2. The number of amides is 1. The van der Waals surface area contributed by atoms with E-state index in [1.807, 2.05) is 0 Å². The summed E-state index contributed by atoms with van der Waals surface area (Å²) in [4.78, 5) is 11.9. The third kappa shape index (κ3) is 3.79. The second-order valence-electron chi connectivity index (χ2n) is 4.80. The summed E-state index contributed by atoms with van der Waals surface area (Å²) in [7, 11) is -3.10. The van der Waals surface area contributed by atoms with Gasteiger partial charge in [-0.2, -0.15) is 0 Å². The van der Waals surface area contributed by atoms with Crippen LogP contribution in [0.5, 0.6) is 0 Å². The number of primary amides is 1. The van der Waals surface area contributed by atoms with E-state index in [1.165, 1.54) is 17.6 Å². The molecule has 3 N–H and O–H groups in total. The van der Waals surface area contributed by atoms with Gasteiger partial charge in [-0.15, -0.1) is 11.3 Å². The summed E-state index contributed by atoms with van der Waals surface area (Å²) in [5, 5.41) is 4.78. The first-order chi connectivity index (χ1) is 8.13. The fraction of sp³-hybridized carbons (Fsp3) is 0.545. The topological polar surface area (TPSA) is 89.3 Å². The lowest BCUT2D eigenvalue weighted by Crippen LogP contribution is -2.41. The van der Waals surface area contributed by atoms with E-state index in [4.69, 9.17) is 5.73 Å². The molecule has 0 saturated carbocycles. The lowest BCUT2D eigenvalue weighted by Gasteiger charge is -2.22. The zero-order valence-electron chi connectivity index (χ0n) is 10.7. The zero-order chi connectivity index (χ0) is 14.0. The molecule has 0 spiro atoms. The summed E-state index contributed by atoms with van der Waals surface area (Å²) in [6.07, 6.45) is 1.23. The second-order valence-corrected chi connectivity index (χ2v) is 8.45. The van der Waals surface area contributed by atoms with Crippen molar-refractivity contribution in [3.05, 3.63) is 21.9 Å². The highest BCUT2D eigenvalue weighted by atomic mass is 32.2. The van der Waals surface area contributed by atoms with Crippen LogP contribution in [0.2, 0.25) is 0 Å². The van der Waals surface area contributed by atoms with E-state index in [0.29, 0.717) is 18.7 Å². The van der Waals surface area contributed by atoms with Crippen molar-refractivity contribution in [2.24, 2.45) is 5.73 Å². The highest BCUT2D eigenvalue weighted by molar-refractivity contribution is 7.92. The van der Waals surface area contributed by atoms with Gasteiger partial charge in [-0.1, -0.05) is 0 Å². The predicted molar refractivity (Wildman–Crippen MR) is 73.5 cm³/mol. The van der Waals surface area contributed by atoms with Crippen molar-refractivity contribution in [3.63, 3.8) is 0 Å². The second kappa shape index (κ2) is 5.38. The molecule has 1 aromatic rings. The lowest BCUT2D eigenvalue weighted by molar-refractivity contribution is 0.100. The van der Waals surface area contributed by atoms with E-state index in [-0.39, 0.29) is 0 Å². The Morgan fingerprint density at radius 2 is 2.11 bits per heavy atom. The Balaban J connectivity index is 2.54. The smallest absolute Gasteiger partial charge is 0.249 e. The maximum absolute atomic E-state index is 11.5. The number of hydrogen-bond donors (Lipinski definition) is 2. The molecule has 0 atom stereocenters. The molecule has 18 heavy (non-hydrogen) atoms. The van der Waals surface area contributed by atoms with Crippen molar-refractivity contribution in [2.45, 2.75) is 25.1 Å². The van der Waals surface area contributed by atoms with Gasteiger partial charge in [0, 0.05) is 29.6 Å². The molecule has 0 bridgehead atoms. The maximum atomic E-state index is 11.5. The van der Waals surface area contributed by atoms with Gasteiger partial charge in [0.05, 0.1) is 10.3 Å². The van der Waals surface area contributed by atoms with E-state index in [2.05, 4.69) is 5.32 Å². The van der Waals surface area contributed by atoms with Crippen molar-refractivity contribution < 1.29 is 13.2 Å². The average Bonchev–Trinajstić information content (AvgIpc) is 2.64. The maximum Gasteiger partial charge on any atom is 0.249 e. The molecule has 0 radical (unpaired) electrons. The van der Waals surface area contributed by atoms with Crippen LogP contribution in [0.3, 0.4) is 0 Å². The molecule has 0 unspecified atom stereocenters. The Morgan fingerprint density at radius 3 is 2.56 bits per heavy atom. The number of nitrogens with two attached hydrogens (primary N) is 1. The number of thiophene rings is 1. The summed E-state index contributed by atoms with van der Waals surface area (Å²) in [5.41, 5.74) is 5.64. The summed E-state index contributed by atoms with van der Waals surface area (Å²) < 4.78 is 22.2. The van der Waals surface area contributed by atoms with Gasteiger partial charge in [-0.3, -0.25) is 4.79 Å². The van der Waals surface area contributed by atoms with Crippen LogP contribution in [-0.2, 0) is 16.4 Å². The quantitative estimate of drug-likeness (QED) is 0.809. The third-order valence-corrected chi connectivity index (χ3v) is 5.88. The first kappa shape index (κ1) is 15.1. The first-order valence-electron chi connectivity index (χ1n) is 5.41. The number of hydrogen-bond acceptors (Lipinski definition) is 5. The van der Waals surface area contributed by atoms with Gasteiger partial charge in [0.1, 0.15) is 0 Å². The first-order valence-corrected chi connectivity index (χ1v) is 8.18. The molecule has 0 saturated heterocycles. The monoisotopic (exact) mass is 290 g/mol. The van der Waals surface area contributed by atoms with Crippen molar-refractivity contribution >= 4 is 27.1 Å². The third-order valence-electron chi connectivity index (χ3n) is 2.79. The Hall–Kier alpha value is -0.920. The number of sulfone groups is 1. The summed E-state index contributed by atoms with van der Waals surface area (Å²) in [5.74, 6) is -0.450. The molecule has 1 heterocycles. The van der Waals surface area contributed by atoms with Crippen LogP contribution in [0, 0.1) is 0 Å². The SMILES string of the molecule is CC(C)(CNCc1cc(C(N)=O)cs1)S(C)(=O)=O. The molecule has 102 valence electrons. The van der Waals surface area contributed by atoms with Crippen LogP contribution in [0.1, 0.15) is 29.1 Å². The normalized spacial score (nSPS) is 12.6. The Kier molecular flexibility index (Phi) is 4.52. The van der Waals surface area contributed by atoms with Crippen LogP contribution in [0.15, 0.2) is 11.4 Å². The van der Waals surface area contributed by atoms with Gasteiger partial charge in [-0.05, 0) is 19.9 Å². The van der Waals surface area contributed by atoms with E-state index in [9.17, 15) is 13.2 Å². The Bertz CT molecular complexity index is 532. The van der Waals surface area contributed by atoms with E-state index >= 15 is 0 Å². The van der Waals surface area contributed by atoms with Crippen molar-refractivity contribution in [1.29, 1.82) is 0 Å². The largest absolute Gasteiger partial charge is 0.366 e. The minimum Gasteiger partial charge on any atom is -0.366 e. The van der Waals surface area contributed by atoms with Crippen molar-refractivity contribution in [1.82, 2.24) is 5.32 Å². The van der Waals surface area contributed by atoms with Gasteiger partial charge in [-0.25, -0.2) is 8.42 Å². The minimum absolute atomic E-state index is 0.357. The summed E-state index contributed by atoms with van der Waals surface area (Å²) >= 11 is 1.42. The Morgan fingerprint density at radius 1 is 1.50 bits per heavy atom. The number of carbonyl (C=O) groups excluding carboxylic acids is 1. The summed E-state index contributed by atoms with van der Waals surface area (Å²) in [6.45, 7) is 4.24. The molecular formula is C11H18N2O3S2. The van der Waals surface area contributed by atoms with Gasteiger partial charge >= 0.3 is 0 Å². The van der Waals surface area contributed by atoms with Crippen molar-refractivity contribution in [2.75, 3.05) is 12.8 Å². The van der Waals surface area contributed by atoms with Crippen LogP contribution in [0.25, 0.3) is 0 Å². The van der Waals surface area contributed by atoms with Crippen LogP contribution < -0.4 is 11.1 Å². The number of rotatable bonds is 6. The van der Waals surface area contributed by atoms with Gasteiger partial charge in [0.2, 0.25) is 5.91 Å². The van der Waals surface area contributed by atoms with Crippen molar-refractivity contribution in [3.8, 4) is 0 Å². The van der Waals surface area contributed by atoms with Crippen LogP contribution in [-0.4, -0.2) is 31.9 Å². The van der Waals surface area contributed by atoms with E-state index in [1.54, 1.807) is 25.3 Å². The molecule has 0 aromatic carbocycles. The van der Waals surface area contributed by atoms with E-state index in [0.717, 1.165) is 4.88 Å². The zero-order valence-corrected chi connectivity index (χ0v) is 12.3. The minimum atomic E-state index is -3.10. The number of nitrogens with one attached hydrogen (secondary N) is 1. The molecule has 1 rings (SSSR count). The fourth-order valence-electron chi connectivity index (χ4n) is 1.22. The molecule has 1 amide bonds.